The summed E-state index contributed by atoms with van der Waals surface area (Å²) >= 11 is 1.31. The molecule has 96 valence electrons. The second kappa shape index (κ2) is 5.37. The van der Waals surface area contributed by atoms with Crippen LogP contribution in [0.4, 0.5) is 0 Å². The number of carbonyl (C=O) groups is 1. The third-order valence-corrected chi connectivity index (χ3v) is 3.92. The molecule has 0 spiro atoms. The van der Waals surface area contributed by atoms with E-state index in [2.05, 4.69) is 15.5 Å². The fourth-order valence-corrected chi connectivity index (χ4v) is 2.35. The SMILES string of the molecule is CCn1c(SCC(C)(NC)C(N)=O)n[nH]c1=O. The predicted molar refractivity (Wildman–Crippen MR) is 65.9 cm³/mol. The minimum Gasteiger partial charge on any atom is -0.368 e. The summed E-state index contributed by atoms with van der Waals surface area (Å²) < 4.78 is 1.50. The Balaban J connectivity index is 2.79. The second-order valence-electron chi connectivity index (χ2n) is 3.79. The molecular weight excluding hydrogens is 242 g/mol. The van der Waals surface area contributed by atoms with Gasteiger partial charge < -0.3 is 11.1 Å². The summed E-state index contributed by atoms with van der Waals surface area (Å²) in [7, 11) is 1.67. The average molecular weight is 259 g/mol. The number of nitrogens with two attached hydrogens (primary N) is 1. The van der Waals surface area contributed by atoms with Crippen LogP contribution in [-0.2, 0) is 11.3 Å². The first kappa shape index (κ1) is 13.8. The van der Waals surface area contributed by atoms with E-state index in [0.717, 1.165) is 0 Å². The van der Waals surface area contributed by atoms with Crippen LogP contribution in [0, 0.1) is 0 Å². The van der Waals surface area contributed by atoms with Crippen molar-refractivity contribution in [1.82, 2.24) is 20.1 Å². The Kier molecular flexibility index (Phi) is 4.35. The number of likely N-dealkylation sites (N-methyl/N-ethyl adjacent to an activating group) is 1. The topological polar surface area (TPSA) is 106 Å². The van der Waals surface area contributed by atoms with E-state index in [1.807, 2.05) is 6.92 Å². The van der Waals surface area contributed by atoms with Gasteiger partial charge in [0.1, 0.15) is 5.54 Å². The number of hydrogen-bond acceptors (Lipinski definition) is 5. The lowest BCUT2D eigenvalue weighted by molar-refractivity contribution is -0.122. The van der Waals surface area contributed by atoms with Crippen molar-refractivity contribution in [2.45, 2.75) is 31.1 Å². The molecule has 1 unspecified atom stereocenters. The summed E-state index contributed by atoms with van der Waals surface area (Å²) in [5, 5.41) is 9.69. The number of primary amides is 1. The van der Waals surface area contributed by atoms with Gasteiger partial charge in [-0.25, -0.2) is 9.89 Å². The van der Waals surface area contributed by atoms with Crippen molar-refractivity contribution in [2.75, 3.05) is 12.8 Å². The van der Waals surface area contributed by atoms with Crippen molar-refractivity contribution >= 4 is 17.7 Å². The van der Waals surface area contributed by atoms with Crippen LogP contribution in [0.15, 0.2) is 9.95 Å². The van der Waals surface area contributed by atoms with E-state index < -0.39 is 11.4 Å². The average Bonchev–Trinajstić information content (AvgIpc) is 2.66. The lowest BCUT2D eigenvalue weighted by Crippen LogP contribution is -2.53. The summed E-state index contributed by atoms with van der Waals surface area (Å²) in [5.41, 5.74) is 4.24. The quantitative estimate of drug-likeness (QED) is 0.577. The lowest BCUT2D eigenvalue weighted by Gasteiger charge is -2.24. The second-order valence-corrected chi connectivity index (χ2v) is 4.73. The number of nitrogens with zero attached hydrogens (tertiary/aromatic N) is 2. The lowest BCUT2D eigenvalue weighted by atomic mass is 10.1. The van der Waals surface area contributed by atoms with Crippen molar-refractivity contribution in [3.63, 3.8) is 0 Å². The maximum absolute atomic E-state index is 11.3. The van der Waals surface area contributed by atoms with Crippen molar-refractivity contribution < 1.29 is 4.79 Å². The number of thioether (sulfide) groups is 1. The molecule has 0 fully saturated rings. The summed E-state index contributed by atoms with van der Waals surface area (Å²) in [4.78, 5) is 22.6. The molecule has 0 aliphatic rings. The van der Waals surface area contributed by atoms with E-state index in [4.69, 9.17) is 5.73 Å². The maximum atomic E-state index is 11.3. The molecule has 0 radical (unpaired) electrons. The molecule has 7 nitrogen and oxygen atoms in total. The van der Waals surface area contributed by atoms with Gasteiger partial charge in [0.15, 0.2) is 5.16 Å². The number of H-pyrrole nitrogens is 1. The van der Waals surface area contributed by atoms with Gasteiger partial charge in [-0.1, -0.05) is 11.8 Å². The van der Waals surface area contributed by atoms with Crippen molar-refractivity contribution in [3.8, 4) is 0 Å². The molecule has 1 heterocycles. The van der Waals surface area contributed by atoms with E-state index in [1.54, 1.807) is 14.0 Å². The van der Waals surface area contributed by atoms with E-state index in [0.29, 0.717) is 17.5 Å². The highest BCUT2D eigenvalue weighted by atomic mass is 32.2. The van der Waals surface area contributed by atoms with E-state index >= 15 is 0 Å². The summed E-state index contributed by atoms with van der Waals surface area (Å²) in [6, 6.07) is 0. The molecule has 0 aromatic carbocycles. The highest BCUT2D eigenvalue weighted by Crippen LogP contribution is 2.19. The van der Waals surface area contributed by atoms with Crippen molar-refractivity contribution in [1.29, 1.82) is 0 Å². The first-order chi connectivity index (χ1) is 7.94. The Morgan fingerprint density at radius 3 is 2.82 bits per heavy atom. The third kappa shape index (κ3) is 2.89. The van der Waals surface area contributed by atoms with Crippen LogP contribution in [0.5, 0.6) is 0 Å². The van der Waals surface area contributed by atoms with Crippen LogP contribution in [0.1, 0.15) is 13.8 Å². The van der Waals surface area contributed by atoms with Gasteiger partial charge in [0.25, 0.3) is 0 Å². The van der Waals surface area contributed by atoms with Gasteiger partial charge in [-0.05, 0) is 20.9 Å². The minimum absolute atomic E-state index is 0.250. The van der Waals surface area contributed by atoms with Crippen LogP contribution in [0.3, 0.4) is 0 Å². The van der Waals surface area contributed by atoms with Crippen molar-refractivity contribution in [3.05, 3.63) is 10.5 Å². The highest BCUT2D eigenvalue weighted by Gasteiger charge is 2.29. The van der Waals surface area contributed by atoms with Crippen LogP contribution in [0.2, 0.25) is 0 Å². The zero-order chi connectivity index (χ0) is 13.1. The molecule has 0 saturated heterocycles. The minimum atomic E-state index is -0.821. The van der Waals surface area contributed by atoms with Gasteiger partial charge in [-0.2, -0.15) is 0 Å². The molecule has 1 amide bonds. The number of carbonyl (C=O) groups excluding carboxylic acids is 1. The standard InChI is InChI=1S/C9H17N5O2S/c1-4-14-7(16)12-13-8(14)17-5-9(2,11-3)6(10)15/h11H,4-5H2,1-3H3,(H2,10,15)(H,12,16). The van der Waals surface area contributed by atoms with E-state index in [1.165, 1.54) is 16.3 Å². The van der Waals surface area contributed by atoms with Crippen LogP contribution < -0.4 is 16.7 Å². The molecule has 0 saturated carbocycles. The third-order valence-electron chi connectivity index (χ3n) is 2.63. The Labute approximate surface area is 103 Å². The van der Waals surface area contributed by atoms with Gasteiger partial charge in [0, 0.05) is 12.3 Å². The Bertz CT molecular complexity index is 454. The van der Waals surface area contributed by atoms with Crippen LogP contribution in [0.25, 0.3) is 0 Å². The fourth-order valence-electron chi connectivity index (χ4n) is 1.17. The summed E-state index contributed by atoms with van der Waals surface area (Å²) in [6.07, 6.45) is 0. The summed E-state index contributed by atoms with van der Waals surface area (Å²) in [6.45, 7) is 4.10. The van der Waals surface area contributed by atoms with Crippen LogP contribution in [-0.4, -0.2) is 39.0 Å². The molecule has 4 N–H and O–H groups in total. The molecule has 0 aliphatic heterocycles. The number of nitrogens with one attached hydrogen (secondary N) is 2. The molecule has 1 atom stereocenters. The van der Waals surface area contributed by atoms with E-state index in [9.17, 15) is 9.59 Å². The smallest absolute Gasteiger partial charge is 0.343 e. The zero-order valence-corrected chi connectivity index (χ0v) is 10.9. The Morgan fingerprint density at radius 1 is 1.71 bits per heavy atom. The molecular formula is C9H17N5O2S. The molecule has 0 aliphatic carbocycles. The first-order valence-electron chi connectivity index (χ1n) is 5.21. The molecule has 0 bridgehead atoms. The molecule has 1 aromatic rings. The normalized spacial score (nSPS) is 14.5. The molecule has 1 aromatic heterocycles. The fraction of sp³-hybridized carbons (Fsp3) is 0.667. The van der Waals surface area contributed by atoms with Gasteiger partial charge in [0.2, 0.25) is 5.91 Å². The largest absolute Gasteiger partial charge is 0.368 e. The molecule has 1 rings (SSSR count). The number of rotatable bonds is 6. The van der Waals surface area contributed by atoms with Crippen molar-refractivity contribution in [2.24, 2.45) is 5.73 Å². The summed E-state index contributed by atoms with van der Waals surface area (Å²) in [5.74, 6) is -0.0308. The maximum Gasteiger partial charge on any atom is 0.343 e. The predicted octanol–water partition coefficient (Wildman–Crippen LogP) is -0.853. The van der Waals surface area contributed by atoms with Gasteiger partial charge in [-0.3, -0.25) is 9.36 Å². The zero-order valence-electron chi connectivity index (χ0n) is 10.1. The number of aromatic nitrogens is 3. The number of hydrogen-bond donors (Lipinski definition) is 3. The van der Waals surface area contributed by atoms with Crippen LogP contribution >= 0.6 is 11.8 Å². The number of aromatic amines is 1. The highest BCUT2D eigenvalue weighted by molar-refractivity contribution is 7.99. The number of amides is 1. The van der Waals surface area contributed by atoms with E-state index in [-0.39, 0.29) is 5.69 Å². The molecule has 17 heavy (non-hydrogen) atoms. The Hall–Kier alpha value is -1.28. The molecule has 8 heteroatoms. The van der Waals surface area contributed by atoms with Gasteiger partial charge in [-0.15, -0.1) is 5.10 Å². The monoisotopic (exact) mass is 259 g/mol. The Morgan fingerprint density at radius 2 is 2.35 bits per heavy atom. The van der Waals surface area contributed by atoms with Gasteiger partial charge in [0.05, 0.1) is 0 Å². The van der Waals surface area contributed by atoms with Gasteiger partial charge >= 0.3 is 5.69 Å². The first-order valence-corrected chi connectivity index (χ1v) is 6.20.